The number of hydrogen-bond donors (Lipinski definition) is 0. The van der Waals surface area contributed by atoms with Crippen LogP contribution in [0.15, 0.2) is 67.0 Å². The lowest BCUT2D eigenvalue weighted by atomic mass is 9.95. The molecule has 7 heteroatoms. The summed E-state index contributed by atoms with van der Waals surface area (Å²) in [5.74, 6) is 1.25. The molecule has 0 saturated heterocycles. The van der Waals surface area contributed by atoms with Gasteiger partial charge in [-0.15, -0.1) is 0 Å². The minimum Gasteiger partial charge on any atom is -0.493 e. The summed E-state index contributed by atoms with van der Waals surface area (Å²) in [4.78, 5) is 19.1. The van der Waals surface area contributed by atoms with Crippen LogP contribution in [0.3, 0.4) is 0 Å². The van der Waals surface area contributed by atoms with Gasteiger partial charge in [-0.25, -0.2) is 0 Å². The molecule has 154 valence electrons. The second-order valence-corrected chi connectivity index (χ2v) is 7.94. The molecule has 1 aromatic carbocycles. The number of benzene rings is 1. The number of nitrogens with zero attached hydrogens (tertiary/aromatic N) is 4. The molecule has 0 aliphatic heterocycles. The second kappa shape index (κ2) is 10.1. The third-order valence-electron chi connectivity index (χ3n) is 5.08. The number of allylic oxidation sites excluding steroid dienone is 2. The first kappa shape index (κ1) is 20.2. The summed E-state index contributed by atoms with van der Waals surface area (Å²) in [6.07, 6.45) is 11.1. The van der Waals surface area contributed by atoms with Crippen LogP contribution in [0.5, 0.6) is 5.75 Å². The van der Waals surface area contributed by atoms with Crippen LogP contribution in [-0.2, 0) is 13.1 Å². The first-order valence-electron chi connectivity index (χ1n) is 10.1. The van der Waals surface area contributed by atoms with Crippen molar-refractivity contribution in [2.24, 2.45) is 5.92 Å². The molecule has 0 fully saturated rings. The molecule has 0 saturated carbocycles. The van der Waals surface area contributed by atoms with E-state index in [1.54, 1.807) is 11.1 Å². The summed E-state index contributed by atoms with van der Waals surface area (Å²) in [5, 5.41) is 0. The van der Waals surface area contributed by atoms with Crippen LogP contribution < -0.4 is 4.74 Å². The predicted molar refractivity (Wildman–Crippen MR) is 116 cm³/mol. The monoisotopic (exact) mass is 420 g/mol. The number of pyridine rings is 1. The van der Waals surface area contributed by atoms with Gasteiger partial charge in [-0.05, 0) is 55.0 Å². The number of rotatable bonds is 8. The number of carbonyl (C=O) groups excluding carboxylic acids is 1. The van der Waals surface area contributed by atoms with E-state index < -0.39 is 0 Å². The molecule has 3 aromatic rings. The van der Waals surface area contributed by atoms with Crippen molar-refractivity contribution in [1.82, 2.24) is 18.6 Å². The van der Waals surface area contributed by atoms with Gasteiger partial charge in [0.25, 0.3) is 5.91 Å². The van der Waals surface area contributed by atoms with E-state index in [1.807, 2.05) is 42.5 Å². The lowest BCUT2D eigenvalue weighted by Crippen LogP contribution is -2.30. The van der Waals surface area contributed by atoms with Gasteiger partial charge in [0, 0.05) is 12.7 Å². The summed E-state index contributed by atoms with van der Waals surface area (Å²) < 4.78 is 14.1. The zero-order valence-electron chi connectivity index (χ0n) is 16.7. The fourth-order valence-electron chi connectivity index (χ4n) is 3.48. The predicted octanol–water partition coefficient (Wildman–Crippen LogP) is 4.51. The largest absolute Gasteiger partial charge is 0.493 e. The van der Waals surface area contributed by atoms with Crippen LogP contribution in [0.25, 0.3) is 0 Å². The SMILES string of the molecule is O=C(c1cnsn1)N(Cc1cccc(OC[C@H]2CC=CCC2)c1)Cc1ccccn1. The van der Waals surface area contributed by atoms with E-state index in [0.717, 1.165) is 48.2 Å². The number of amides is 1. The Morgan fingerprint density at radius 1 is 1.17 bits per heavy atom. The molecule has 1 aliphatic carbocycles. The molecule has 1 amide bonds. The smallest absolute Gasteiger partial charge is 0.275 e. The Balaban J connectivity index is 1.46. The summed E-state index contributed by atoms with van der Waals surface area (Å²) in [6, 6.07) is 13.7. The van der Waals surface area contributed by atoms with Crippen molar-refractivity contribution >= 4 is 17.6 Å². The summed E-state index contributed by atoms with van der Waals surface area (Å²) >= 11 is 1.03. The lowest BCUT2D eigenvalue weighted by molar-refractivity contribution is 0.0722. The molecule has 4 rings (SSSR count). The topological polar surface area (TPSA) is 68.2 Å². The Morgan fingerprint density at radius 3 is 2.90 bits per heavy atom. The van der Waals surface area contributed by atoms with Gasteiger partial charge in [-0.2, -0.15) is 8.75 Å². The van der Waals surface area contributed by atoms with E-state index in [1.165, 1.54) is 12.6 Å². The molecule has 6 nitrogen and oxygen atoms in total. The van der Waals surface area contributed by atoms with Crippen LogP contribution >= 0.6 is 11.7 Å². The Bertz CT molecular complexity index is 976. The number of aromatic nitrogens is 3. The Morgan fingerprint density at radius 2 is 2.13 bits per heavy atom. The van der Waals surface area contributed by atoms with E-state index in [0.29, 0.717) is 24.7 Å². The van der Waals surface area contributed by atoms with Gasteiger partial charge >= 0.3 is 0 Å². The Hall–Kier alpha value is -3.06. The highest BCUT2D eigenvalue weighted by atomic mass is 32.1. The molecule has 0 radical (unpaired) electrons. The van der Waals surface area contributed by atoms with Crippen molar-refractivity contribution in [3.8, 4) is 5.75 Å². The summed E-state index contributed by atoms with van der Waals surface area (Å²) in [5.41, 5.74) is 2.18. The van der Waals surface area contributed by atoms with E-state index in [2.05, 4.69) is 25.9 Å². The standard InChI is InChI=1S/C23H24N4O2S/c28-23(22-14-25-30-26-22)27(16-20-10-4-5-12-24-20)15-19-9-6-11-21(13-19)29-17-18-7-2-1-3-8-18/h1-2,4-6,9-14,18H,3,7-8,15-17H2/t18-/m0/s1. The molecule has 0 unspecified atom stereocenters. The highest BCUT2D eigenvalue weighted by molar-refractivity contribution is 6.99. The van der Waals surface area contributed by atoms with Gasteiger partial charge in [0.05, 0.1) is 36.8 Å². The van der Waals surface area contributed by atoms with Crippen molar-refractivity contribution < 1.29 is 9.53 Å². The third-order valence-corrected chi connectivity index (χ3v) is 5.56. The average Bonchev–Trinajstić information content (AvgIpc) is 3.33. The summed E-state index contributed by atoms with van der Waals surface area (Å²) in [6.45, 7) is 1.56. The molecule has 1 atom stereocenters. The van der Waals surface area contributed by atoms with E-state index in [9.17, 15) is 4.79 Å². The van der Waals surface area contributed by atoms with Crippen molar-refractivity contribution in [1.29, 1.82) is 0 Å². The molecule has 2 heterocycles. The van der Waals surface area contributed by atoms with E-state index in [-0.39, 0.29) is 5.91 Å². The maximum Gasteiger partial charge on any atom is 0.275 e. The highest BCUT2D eigenvalue weighted by Crippen LogP contribution is 2.22. The van der Waals surface area contributed by atoms with E-state index in [4.69, 9.17) is 4.74 Å². The van der Waals surface area contributed by atoms with Crippen molar-refractivity contribution in [3.63, 3.8) is 0 Å². The molecule has 0 bridgehead atoms. The Labute approximate surface area is 180 Å². The minimum absolute atomic E-state index is 0.158. The first-order chi connectivity index (χ1) is 14.8. The Kier molecular flexibility index (Phi) is 6.82. The van der Waals surface area contributed by atoms with Crippen molar-refractivity contribution in [2.45, 2.75) is 32.4 Å². The number of ether oxygens (including phenoxy) is 1. The van der Waals surface area contributed by atoms with Crippen LogP contribution in [0.1, 0.15) is 41.0 Å². The quantitative estimate of drug-likeness (QED) is 0.502. The molecular formula is C23H24N4O2S. The third kappa shape index (κ3) is 5.51. The van der Waals surface area contributed by atoms with Gasteiger partial charge < -0.3 is 9.64 Å². The zero-order valence-corrected chi connectivity index (χ0v) is 17.5. The fraction of sp³-hybridized carbons (Fsp3) is 0.304. The first-order valence-corrected chi connectivity index (χ1v) is 10.8. The van der Waals surface area contributed by atoms with Crippen molar-refractivity contribution in [2.75, 3.05) is 6.61 Å². The number of carbonyl (C=O) groups is 1. The van der Waals surface area contributed by atoms with Gasteiger partial charge in [0.15, 0.2) is 5.69 Å². The molecule has 2 aromatic heterocycles. The van der Waals surface area contributed by atoms with Gasteiger partial charge in [-0.3, -0.25) is 9.78 Å². The maximum atomic E-state index is 13.0. The van der Waals surface area contributed by atoms with E-state index >= 15 is 0 Å². The lowest BCUT2D eigenvalue weighted by Gasteiger charge is -2.22. The highest BCUT2D eigenvalue weighted by Gasteiger charge is 2.20. The average molecular weight is 421 g/mol. The summed E-state index contributed by atoms with van der Waals surface area (Å²) in [7, 11) is 0. The van der Waals surface area contributed by atoms with Gasteiger partial charge in [0.2, 0.25) is 0 Å². The van der Waals surface area contributed by atoms with Crippen LogP contribution in [0.4, 0.5) is 0 Å². The van der Waals surface area contributed by atoms with Crippen LogP contribution in [0, 0.1) is 5.92 Å². The maximum absolute atomic E-state index is 13.0. The molecule has 30 heavy (non-hydrogen) atoms. The zero-order chi connectivity index (χ0) is 20.6. The molecular weight excluding hydrogens is 396 g/mol. The molecule has 0 N–H and O–H groups in total. The molecule has 0 spiro atoms. The van der Waals surface area contributed by atoms with Crippen LogP contribution in [-0.4, -0.2) is 31.1 Å². The number of hydrogen-bond acceptors (Lipinski definition) is 6. The normalized spacial score (nSPS) is 15.7. The fourth-order valence-corrected chi connectivity index (χ4v) is 3.89. The van der Waals surface area contributed by atoms with Crippen LogP contribution in [0.2, 0.25) is 0 Å². The van der Waals surface area contributed by atoms with Gasteiger partial charge in [-0.1, -0.05) is 30.4 Å². The van der Waals surface area contributed by atoms with Gasteiger partial charge in [0.1, 0.15) is 5.75 Å². The second-order valence-electron chi connectivity index (χ2n) is 7.38. The minimum atomic E-state index is -0.158. The molecule has 1 aliphatic rings. The van der Waals surface area contributed by atoms with Crippen molar-refractivity contribution in [3.05, 3.63) is 84.0 Å².